The molecule has 0 saturated carbocycles. The predicted octanol–water partition coefficient (Wildman–Crippen LogP) is 0.562. The molecule has 0 bridgehead atoms. The number of aliphatic hydroxyl groups is 1. The van der Waals surface area contributed by atoms with Gasteiger partial charge in [-0.2, -0.15) is 0 Å². The zero-order chi connectivity index (χ0) is 12.2. The average Bonchev–Trinajstić information content (AvgIpc) is 2.58. The highest BCUT2D eigenvalue weighted by Gasteiger charge is 2.31. The van der Waals surface area contributed by atoms with E-state index in [4.69, 9.17) is 0 Å². The topological polar surface area (TPSA) is 66.4 Å². The third kappa shape index (κ3) is 3.43. The lowest BCUT2D eigenvalue weighted by atomic mass is 9.88. The van der Waals surface area contributed by atoms with Crippen LogP contribution in [0, 0.1) is 5.41 Å². The van der Waals surface area contributed by atoms with E-state index in [2.05, 4.69) is 5.32 Å². The fourth-order valence-electron chi connectivity index (χ4n) is 1.92. The minimum Gasteiger partial charge on any atom is -0.396 e. The standard InChI is InChI=1S/C11H23NO3S/c1-3-11(2,9-13)8-12-7-10-5-4-6-16(10,14)15/h10,12-13H,3-9H2,1-2H3. The van der Waals surface area contributed by atoms with E-state index in [1.54, 1.807) is 0 Å². The van der Waals surface area contributed by atoms with E-state index in [1.807, 2.05) is 13.8 Å². The summed E-state index contributed by atoms with van der Waals surface area (Å²) in [6.07, 6.45) is 2.45. The minimum atomic E-state index is -2.84. The normalized spacial score (nSPS) is 27.8. The van der Waals surface area contributed by atoms with Crippen molar-refractivity contribution in [1.82, 2.24) is 5.32 Å². The van der Waals surface area contributed by atoms with E-state index >= 15 is 0 Å². The Labute approximate surface area is 98.4 Å². The second kappa shape index (κ2) is 5.47. The van der Waals surface area contributed by atoms with Gasteiger partial charge in [0, 0.05) is 25.1 Å². The number of hydrogen-bond donors (Lipinski definition) is 2. The smallest absolute Gasteiger partial charge is 0.154 e. The molecular formula is C11H23NO3S. The molecule has 1 rings (SSSR count). The van der Waals surface area contributed by atoms with Crippen LogP contribution >= 0.6 is 0 Å². The van der Waals surface area contributed by atoms with Crippen molar-refractivity contribution in [3.8, 4) is 0 Å². The molecule has 2 unspecified atom stereocenters. The van der Waals surface area contributed by atoms with Gasteiger partial charge in [0.1, 0.15) is 0 Å². The summed E-state index contributed by atoms with van der Waals surface area (Å²) in [5.41, 5.74) is -0.137. The molecule has 0 aromatic heterocycles. The molecule has 4 nitrogen and oxygen atoms in total. The number of aliphatic hydroxyl groups excluding tert-OH is 1. The van der Waals surface area contributed by atoms with E-state index in [-0.39, 0.29) is 17.3 Å². The van der Waals surface area contributed by atoms with Gasteiger partial charge in [0.2, 0.25) is 0 Å². The fraction of sp³-hybridized carbons (Fsp3) is 1.00. The molecule has 5 heteroatoms. The Kier molecular flexibility index (Phi) is 4.76. The molecule has 0 radical (unpaired) electrons. The molecule has 1 fully saturated rings. The second-order valence-corrected chi connectivity index (χ2v) is 7.49. The summed E-state index contributed by atoms with van der Waals surface area (Å²) < 4.78 is 23.1. The number of hydrogen-bond acceptors (Lipinski definition) is 4. The highest BCUT2D eigenvalue weighted by Crippen LogP contribution is 2.21. The molecule has 16 heavy (non-hydrogen) atoms. The van der Waals surface area contributed by atoms with Crippen LogP contribution in [0.3, 0.4) is 0 Å². The van der Waals surface area contributed by atoms with E-state index in [0.717, 1.165) is 19.3 Å². The molecule has 1 aliphatic heterocycles. The first kappa shape index (κ1) is 13.9. The SMILES string of the molecule is CCC(C)(CO)CNCC1CCCS1(=O)=O. The molecule has 0 aliphatic carbocycles. The molecule has 1 saturated heterocycles. The van der Waals surface area contributed by atoms with Gasteiger partial charge < -0.3 is 10.4 Å². The third-order valence-electron chi connectivity index (χ3n) is 3.62. The van der Waals surface area contributed by atoms with Gasteiger partial charge in [0.05, 0.1) is 11.0 Å². The van der Waals surface area contributed by atoms with Crippen LogP contribution in [0.4, 0.5) is 0 Å². The Morgan fingerprint density at radius 2 is 2.19 bits per heavy atom. The predicted molar refractivity (Wildman–Crippen MR) is 65.2 cm³/mol. The summed E-state index contributed by atoms with van der Waals surface area (Å²) in [5.74, 6) is 0.338. The highest BCUT2D eigenvalue weighted by molar-refractivity contribution is 7.92. The molecular weight excluding hydrogens is 226 g/mol. The Balaban J connectivity index is 2.36. The van der Waals surface area contributed by atoms with Gasteiger partial charge in [0.15, 0.2) is 9.84 Å². The maximum absolute atomic E-state index is 11.6. The number of rotatable bonds is 6. The second-order valence-electron chi connectivity index (χ2n) is 5.08. The van der Waals surface area contributed by atoms with Crippen LogP contribution in [-0.2, 0) is 9.84 Å². The molecule has 0 amide bonds. The lowest BCUT2D eigenvalue weighted by molar-refractivity contribution is 0.135. The van der Waals surface area contributed by atoms with Gasteiger partial charge in [-0.3, -0.25) is 0 Å². The van der Waals surface area contributed by atoms with Crippen LogP contribution in [0.1, 0.15) is 33.1 Å². The zero-order valence-corrected chi connectivity index (χ0v) is 11.0. The summed E-state index contributed by atoms with van der Waals surface area (Å²) in [6.45, 7) is 5.37. The molecule has 0 spiro atoms. The van der Waals surface area contributed by atoms with Gasteiger partial charge in [-0.1, -0.05) is 13.8 Å². The van der Waals surface area contributed by atoms with Gasteiger partial charge in [-0.15, -0.1) is 0 Å². The van der Waals surface area contributed by atoms with Crippen molar-refractivity contribution >= 4 is 9.84 Å². The monoisotopic (exact) mass is 249 g/mol. The molecule has 1 heterocycles. The van der Waals surface area contributed by atoms with Crippen molar-refractivity contribution in [3.63, 3.8) is 0 Å². The maximum atomic E-state index is 11.6. The summed E-state index contributed by atoms with van der Waals surface area (Å²) in [7, 11) is -2.84. The lowest BCUT2D eigenvalue weighted by Crippen LogP contribution is -2.39. The van der Waals surface area contributed by atoms with Crippen molar-refractivity contribution in [1.29, 1.82) is 0 Å². The van der Waals surface area contributed by atoms with Crippen LogP contribution in [0.2, 0.25) is 0 Å². The molecule has 0 aromatic rings. The van der Waals surface area contributed by atoms with Gasteiger partial charge in [-0.25, -0.2) is 8.42 Å². The summed E-state index contributed by atoms with van der Waals surface area (Å²) in [4.78, 5) is 0. The largest absolute Gasteiger partial charge is 0.396 e. The quantitative estimate of drug-likeness (QED) is 0.722. The number of sulfone groups is 1. The van der Waals surface area contributed by atoms with Crippen molar-refractivity contribution in [2.24, 2.45) is 5.41 Å². The average molecular weight is 249 g/mol. The summed E-state index contributed by atoms with van der Waals surface area (Å²) >= 11 is 0. The van der Waals surface area contributed by atoms with Crippen LogP contribution in [0.5, 0.6) is 0 Å². The highest BCUT2D eigenvalue weighted by atomic mass is 32.2. The van der Waals surface area contributed by atoms with Gasteiger partial charge in [-0.05, 0) is 19.3 Å². The van der Waals surface area contributed by atoms with Crippen LogP contribution < -0.4 is 5.32 Å². The first-order valence-electron chi connectivity index (χ1n) is 5.97. The van der Waals surface area contributed by atoms with E-state index in [1.165, 1.54) is 0 Å². The van der Waals surface area contributed by atoms with Gasteiger partial charge in [0.25, 0.3) is 0 Å². The van der Waals surface area contributed by atoms with E-state index in [9.17, 15) is 13.5 Å². The van der Waals surface area contributed by atoms with Crippen LogP contribution in [-0.4, -0.2) is 44.2 Å². The van der Waals surface area contributed by atoms with Crippen LogP contribution in [0.25, 0.3) is 0 Å². The van der Waals surface area contributed by atoms with E-state index < -0.39 is 9.84 Å². The van der Waals surface area contributed by atoms with Gasteiger partial charge >= 0.3 is 0 Å². The lowest BCUT2D eigenvalue weighted by Gasteiger charge is -2.26. The first-order chi connectivity index (χ1) is 7.43. The molecule has 2 N–H and O–H groups in total. The Hall–Kier alpha value is -0.130. The Morgan fingerprint density at radius 3 is 2.62 bits per heavy atom. The van der Waals surface area contributed by atoms with E-state index in [0.29, 0.717) is 18.8 Å². The molecule has 2 atom stereocenters. The minimum absolute atomic E-state index is 0.133. The van der Waals surface area contributed by atoms with Crippen molar-refractivity contribution in [2.75, 3.05) is 25.4 Å². The summed E-state index contributed by atoms with van der Waals surface area (Å²) in [5, 5.41) is 12.2. The van der Waals surface area contributed by atoms with Crippen molar-refractivity contribution in [3.05, 3.63) is 0 Å². The first-order valence-corrected chi connectivity index (χ1v) is 7.68. The zero-order valence-electron chi connectivity index (χ0n) is 10.2. The van der Waals surface area contributed by atoms with Crippen molar-refractivity contribution in [2.45, 2.75) is 38.4 Å². The van der Waals surface area contributed by atoms with Crippen LogP contribution in [0.15, 0.2) is 0 Å². The Morgan fingerprint density at radius 1 is 1.50 bits per heavy atom. The van der Waals surface area contributed by atoms with Crippen molar-refractivity contribution < 1.29 is 13.5 Å². The Bertz CT molecular complexity index is 309. The fourth-order valence-corrected chi connectivity index (χ4v) is 3.72. The molecule has 96 valence electrons. The maximum Gasteiger partial charge on any atom is 0.154 e. The number of nitrogens with one attached hydrogen (secondary N) is 1. The molecule has 0 aromatic carbocycles. The molecule has 1 aliphatic rings. The third-order valence-corrected chi connectivity index (χ3v) is 5.90. The summed E-state index contributed by atoms with van der Waals surface area (Å²) in [6, 6.07) is 0.